The third-order valence-corrected chi connectivity index (χ3v) is 6.93. The Labute approximate surface area is 208 Å². The number of piperazine rings is 1. The second-order valence-electron chi connectivity index (χ2n) is 9.14. The molecule has 0 aromatic carbocycles. The van der Waals surface area contributed by atoms with E-state index >= 15 is 0 Å². The van der Waals surface area contributed by atoms with Crippen molar-refractivity contribution in [2.45, 2.75) is 19.4 Å². The topological polar surface area (TPSA) is 107 Å². The number of rotatable bonds is 4. The number of hydrogen-bond acceptors (Lipinski definition) is 8. The zero-order valence-electron chi connectivity index (χ0n) is 19.9. The van der Waals surface area contributed by atoms with Crippen molar-refractivity contribution in [1.29, 1.82) is 5.26 Å². The van der Waals surface area contributed by atoms with Crippen LogP contribution >= 0.6 is 0 Å². The first-order valence-corrected chi connectivity index (χ1v) is 12.1. The van der Waals surface area contributed by atoms with Crippen LogP contribution in [-0.4, -0.2) is 74.1 Å². The summed E-state index contributed by atoms with van der Waals surface area (Å²) in [5.41, 5.74) is 2.83. The lowest BCUT2D eigenvalue weighted by atomic mass is 10.1. The van der Waals surface area contributed by atoms with E-state index < -0.39 is 0 Å². The first-order valence-electron chi connectivity index (χ1n) is 12.1. The molecule has 0 aliphatic carbocycles. The van der Waals surface area contributed by atoms with Crippen LogP contribution in [0.15, 0.2) is 55.2 Å². The minimum Gasteiger partial charge on any atom is -0.369 e. The summed E-state index contributed by atoms with van der Waals surface area (Å²) < 4.78 is 1.94. The van der Waals surface area contributed by atoms with Crippen LogP contribution in [-0.2, 0) is 0 Å². The lowest BCUT2D eigenvalue weighted by Gasteiger charge is -2.40. The maximum atomic E-state index is 13.0. The summed E-state index contributed by atoms with van der Waals surface area (Å²) in [7, 11) is 0. The second-order valence-corrected chi connectivity index (χ2v) is 9.14. The quantitative estimate of drug-likeness (QED) is 0.440. The molecule has 0 N–H and O–H groups in total. The van der Waals surface area contributed by atoms with E-state index in [1.165, 1.54) is 0 Å². The normalized spacial score (nSPS) is 17.7. The molecule has 1 amide bonds. The van der Waals surface area contributed by atoms with E-state index in [9.17, 15) is 10.1 Å². The van der Waals surface area contributed by atoms with Gasteiger partial charge in [0.2, 0.25) is 0 Å². The van der Waals surface area contributed by atoms with E-state index in [1.807, 2.05) is 21.6 Å². The fourth-order valence-corrected chi connectivity index (χ4v) is 4.95. The van der Waals surface area contributed by atoms with Gasteiger partial charge in [-0.2, -0.15) is 5.26 Å². The summed E-state index contributed by atoms with van der Waals surface area (Å²) in [5.74, 6) is 1.45. The highest BCUT2D eigenvalue weighted by Crippen LogP contribution is 2.38. The molecule has 6 heterocycles. The van der Waals surface area contributed by atoms with Gasteiger partial charge in [-0.1, -0.05) is 6.07 Å². The SMILES string of the molecule is C[C@@H]1CN(c2ncnc3c2c(N2CCC2)cn3-c2cc(C#N)ccn2)CCN1C(=O)c1ccccn1. The van der Waals surface area contributed by atoms with Crippen molar-refractivity contribution in [2.24, 2.45) is 0 Å². The number of fused-ring (bicyclic) bond motifs is 1. The zero-order chi connectivity index (χ0) is 24.6. The van der Waals surface area contributed by atoms with Crippen molar-refractivity contribution in [1.82, 2.24) is 29.4 Å². The molecule has 1 atom stereocenters. The van der Waals surface area contributed by atoms with E-state index in [4.69, 9.17) is 4.98 Å². The summed E-state index contributed by atoms with van der Waals surface area (Å²) in [4.78, 5) is 37.6. The van der Waals surface area contributed by atoms with Crippen molar-refractivity contribution in [3.8, 4) is 11.9 Å². The zero-order valence-corrected chi connectivity index (χ0v) is 19.9. The number of pyridine rings is 2. The van der Waals surface area contributed by atoms with Gasteiger partial charge in [-0.3, -0.25) is 14.3 Å². The Kier molecular flexibility index (Phi) is 5.45. The monoisotopic (exact) mass is 479 g/mol. The van der Waals surface area contributed by atoms with Crippen LogP contribution in [0.4, 0.5) is 11.5 Å². The lowest BCUT2D eigenvalue weighted by Crippen LogP contribution is -2.54. The Bertz CT molecular complexity index is 1470. The number of aromatic nitrogens is 5. The fourth-order valence-electron chi connectivity index (χ4n) is 4.95. The molecule has 2 aliphatic rings. The Morgan fingerprint density at radius 3 is 2.64 bits per heavy atom. The van der Waals surface area contributed by atoms with E-state index in [0.717, 1.165) is 42.0 Å². The van der Waals surface area contributed by atoms with E-state index in [2.05, 4.69) is 43.9 Å². The molecule has 4 aromatic heterocycles. The number of hydrogen-bond donors (Lipinski definition) is 0. The fraction of sp³-hybridized carbons (Fsp3) is 0.308. The molecular formula is C26H25N9O. The predicted molar refractivity (Wildman–Crippen MR) is 135 cm³/mol. The van der Waals surface area contributed by atoms with Gasteiger partial charge in [-0.25, -0.2) is 15.0 Å². The summed E-state index contributed by atoms with van der Waals surface area (Å²) in [5, 5.41) is 10.3. The predicted octanol–water partition coefficient (Wildman–Crippen LogP) is 2.64. The maximum absolute atomic E-state index is 13.0. The van der Waals surface area contributed by atoms with Gasteiger partial charge in [0.15, 0.2) is 5.65 Å². The molecule has 2 aliphatic heterocycles. The lowest BCUT2D eigenvalue weighted by molar-refractivity contribution is 0.0668. The minimum atomic E-state index is -0.0496. The van der Waals surface area contributed by atoms with Gasteiger partial charge in [0, 0.05) is 57.4 Å². The van der Waals surface area contributed by atoms with Gasteiger partial charge < -0.3 is 14.7 Å². The van der Waals surface area contributed by atoms with Gasteiger partial charge in [0.05, 0.1) is 22.7 Å². The first-order chi connectivity index (χ1) is 17.6. The van der Waals surface area contributed by atoms with Gasteiger partial charge >= 0.3 is 0 Å². The van der Waals surface area contributed by atoms with E-state index in [1.54, 1.807) is 36.9 Å². The molecular weight excluding hydrogens is 454 g/mol. The summed E-state index contributed by atoms with van der Waals surface area (Å²) >= 11 is 0. The average molecular weight is 480 g/mol. The highest BCUT2D eigenvalue weighted by atomic mass is 16.2. The van der Waals surface area contributed by atoms with Crippen molar-refractivity contribution >= 4 is 28.4 Å². The molecule has 180 valence electrons. The van der Waals surface area contributed by atoms with Gasteiger partial charge in [-0.05, 0) is 37.6 Å². The van der Waals surface area contributed by atoms with Crippen LogP contribution in [0.1, 0.15) is 29.4 Å². The number of nitriles is 1. The highest BCUT2D eigenvalue weighted by Gasteiger charge is 2.32. The van der Waals surface area contributed by atoms with Crippen molar-refractivity contribution in [3.05, 3.63) is 66.5 Å². The van der Waals surface area contributed by atoms with Crippen LogP contribution in [0.2, 0.25) is 0 Å². The van der Waals surface area contributed by atoms with Crippen molar-refractivity contribution in [2.75, 3.05) is 42.5 Å². The smallest absolute Gasteiger partial charge is 0.272 e. The van der Waals surface area contributed by atoms with E-state index in [0.29, 0.717) is 36.7 Å². The number of carbonyl (C=O) groups excluding carboxylic acids is 1. The standard InChI is InChI=1S/C26H25N9O/c1-18-15-33(11-12-34(18)26(36)20-5-2-3-7-28-20)24-23-21(32-9-4-10-32)16-35(25(23)31-17-30-24)22-13-19(14-27)6-8-29-22/h2-3,5-8,13,16-18H,4,9-12,15H2,1H3/t18-/m1/s1. The number of anilines is 2. The number of amides is 1. The second kappa shape index (κ2) is 8.92. The van der Waals surface area contributed by atoms with Crippen LogP contribution < -0.4 is 9.80 Å². The molecule has 2 saturated heterocycles. The summed E-state index contributed by atoms with van der Waals surface area (Å²) in [6, 6.07) is 11.0. The first kappa shape index (κ1) is 22.0. The third kappa shape index (κ3) is 3.69. The highest BCUT2D eigenvalue weighted by molar-refractivity contribution is 6.01. The third-order valence-electron chi connectivity index (χ3n) is 6.93. The molecule has 2 fully saturated rings. The molecule has 36 heavy (non-hydrogen) atoms. The average Bonchev–Trinajstić information content (AvgIpc) is 3.27. The molecule has 0 radical (unpaired) electrons. The molecule has 10 heteroatoms. The molecule has 6 rings (SSSR count). The Balaban J connectivity index is 1.37. The van der Waals surface area contributed by atoms with Gasteiger partial charge in [-0.15, -0.1) is 0 Å². The van der Waals surface area contributed by atoms with Crippen LogP contribution in [0, 0.1) is 11.3 Å². The number of nitrogens with zero attached hydrogens (tertiary/aromatic N) is 9. The molecule has 0 spiro atoms. The minimum absolute atomic E-state index is 0.0122. The Morgan fingerprint density at radius 2 is 1.92 bits per heavy atom. The van der Waals surface area contributed by atoms with Crippen LogP contribution in [0.25, 0.3) is 16.9 Å². The van der Waals surface area contributed by atoms with Crippen LogP contribution in [0.3, 0.4) is 0 Å². The summed E-state index contributed by atoms with van der Waals surface area (Å²) in [6.45, 7) is 5.89. The molecule has 0 unspecified atom stereocenters. The van der Waals surface area contributed by atoms with Gasteiger partial charge in [0.1, 0.15) is 23.7 Å². The molecule has 0 saturated carbocycles. The largest absolute Gasteiger partial charge is 0.369 e. The van der Waals surface area contributed by atoms with Gasteiger partial charge in [0.25, 0.3) is 5.91 Å². The molecule has 4 aromatic rings. The number of carbonyl (C=O) groups is 1. The van der Waals surface area contributed by atoms with Crippen molar-refractivity contribution in [3.63, 3.8) is 0 Å². The Hall–Kier alpha value is -4.52. The maximum Gasteiger partial charge on any atom is 0.272 e. The van der Waals surface area contributed by atoms with Crippen molar-refractivity contribution < 1.29 is 4.79 Å². The molecule has 0 bridgehead atoms. The summed E-state index contributed by atoms with van der Waals surface area (Å²) in [6.07, 6.45) is 8.07. The van der Waals surface area contributed by atoms with Crippen LogP contribution in [0.5, 0.6) is 0 Å². The molecule has 10 nitrogen and oxygen atoms in total. The Morgan fingerprint density at radius 1 is 1.03 bits per heavy atom. The van der Waals surface area contributed by atoms with E-state index in [-0.39, 0.29) is 11.9 Å².